The highest BCUT2D eigenvalue weighted by atomic mass is 16.7. The van der Waals surface area contributed by atoms with Gasteiger partial charge in [-0.05, 0) is 38.5 Å². The zero-order chi connectivity index (χ0) is 23.9. The standard InChI is InChI=1S/C13H24O6.C7H14O4/c1-8(10(3)14)5-12(16)18-7-19-13(17)6-9(2)11(4)15;1-5(6(2)9)3-7(10)11-4-8/h8-11,14-15H,5-7H2,1-4H3;5-6,8-9H,3-4H2,1-2H3. The van der Waals surface area contributed by atoms with Crippen molar-refractivity contribution in [1.29, 1.82) is 0 Å². The minimum atomic E-state index is -0.595. The summed E-state index contributed by atoms with van der Waals surface area (Å²) in [7, 11) is 0. The minimum Gasteiger partial charge on any atom is -0.439 e. The van der Waals surface area contributed by atoms with Gasteiger partial charge in [-0.15, -0.1) is 0 Å². The number of carbonyl (C=O) groups is 3. The molecule has 0 aromatic carbocycles. The number of aliphatic hydroxyl groups is 4. The molecule has 4 N–H and O–H groups in total. The summed E-state index contributed by atoms with van der Waals surface area (Å²) in [6, 6.07) is 0. The second-order valence-corrected chi connectivity index (χ2v) is 7.56. The first kappa shape index (κ1) is 30.4. The molecule has 0 fully saturated rings. The van der Waals surface area contributed by atoms with Crippen LogP contribution in [0.1, 0.15) is 60.8 Å². The monoisotopic (exact) mass is 438 g/mol. The van der Waals surface area contributed by atoms with Gasteiger partial charge in [0.05, 0.1) is 37.6 Å². The normalized spacial score (nSPS) is 16.6. The molecule has 0 rings (SSSR count). The van der Waals surface area contributed by atoms with Gasteiger partial charge in [0.15, 0.2) is 6.79 Å². The third kappa shape index (κ3) is 17.1. The van der Waals surface area contributed by atoms with Crippen LogP contribution in [-0.2, 0) is 28.6 Å². The van der Waals surface area contributed by atoms with Crippen LogP contribution in [0.5, 0.6) is 0 Å². The number of carbonyl (C=O) groups excluding carboxylic acids is 3. The van der Waals surface area contributed by atoms with Gasteiger partial charge in [-0.25, -0.2) is 0 Å². The van der Waals surface area contributed by atoms with Crippen LogP contribution in [0.3, 0.4) is 0 Å². The quantitative estimate of drug-likeness (QED) is 0.253. The van der Waals surface area contributed by atoms with Crippen molar-refractivity contribution in [3.63, 3.8) is 0 Å². The summed E-state index contributed by atoms with van der Waals surface area (Å²) in [5.74, 6) is -2.08. The van der Waals surface area contributed by atoms with Crippen LogP contribution in [0.25, 0.3) is 0 Å². The SMILES string of the molecule is CC(O)C(C)CC(=O)OCO.CC(O)C(C)CC(=O)OCOC(=O)CC(C)C(C)O. The average Bonchev–Trinajstić information content (AvgIpc) is 2.61. The van der Waals surface area contributed by atoms with E-state index in [4.69, 9.17) is 19.7 Å². The van der Waals surface area contributed by atoms with Gasteiger partial charge in [0.1, 0.15) is 0 Å². The number of ether oxygens (including phenoxy) is 3. The Bertz CT molecular complexity index is 462. The molecule has 0 aliphatic carbocycles. The zero-order valence-corrected chi connectivity index (χ0v) is 18.7. The van der Waals surface area contributed by atoms with Crippen molar-refractivity contribution in [1.82, 2.24) is 0 Å². The zero-order valence-electron chi connectivity index (χ0n) is 18.7. The molecule has 0 spiro atoms. The fraction of sp³-hybridized carbons (Fsp3) is 0.850. The number of hydrogen-bond donors (Lipinski definition) is 4. The van der Waals surface area contributed by atoms with Crippen LogP contribution in [0.4, 0.5) is 0 Å². The first-order chi connectivity index (χ1) is 13.8. The van der Waals surface area contributed by atoms with Gasteiger partial charge in [-0.3, -0.25) is 14.4 Å². The smallest absolute Gasteiger partial charge is 0.309 e. The number of rotatable bonds is 12. The summed E-state index contributed by atoms with van der Waals surface area (Å²) < 4.78 is 13.7. The molecule has 0 saturated heterocycles. The molecule has 0 heterocycles. The lowest BCUT2D eigenvalue weighted by molar-refractivity contribution is -0.169. The predicted octanol–water partition coefficient (Wildman–Crippen LogP) is 0.731. The van der Waals surface area contributed by atoms with Gasteiger partial charge in [0, 0.05) is 0 Å². The fourth-order valence-electron chi connectivity index (χ4n) is 1.71. The minimum absolute atomic E-state index is 0.0687. The number of esters is 3. The van der Waals surface area contributed by atoms with E-state index < -0.39 is 49.8 Å². The van der Waals surface area contributed by atoms with E-state index in [-0.39, 0.29) is 37.0 Å². The first-order valence-corrected chi connectivity index (χ1v) is 9.93. The Kier molecular flexibility index (Phi) is 17.2. The van der Waals surface area contributed by atoms with Crippen LogP contribution in [0.2, 0.25) is 0 Å². The van der Waals surface area contributed by atoms with E-state index in [0.717, 1.165) is 0 Å². The molecular formula is C20H38O10. The van der Waals surface area contributed by atoms with E-state index in [1.54, 1.807) is 41.5 Å². The Morgan fingerprint density at radius 1 is 0.600 bits per heavy atom. The van der Waals surface area contributed by atoms with Crippen molar-refractivity contribution in [3.05, 3.63) is 0 Å². The van der Waals surface area contributed by atoms with Crippen LogP contribution in [0.15, 0.2) is 0 Å². The molecule has 10 nitrogen and oxygen atoms in total. The maximum atomic E-state index is 11.3. The Morgan fingerprint density at radius 3 is 1.10 bits per heavy atom. The van der Waals surface area contributed by atoms with Gasteiger partial charge in [-0.2, -0.15) is 0 Å². The molecule has 0 aliphatic rings. The van der Waals surface area contributed by atoms with E-state index in [9.17, 15) is 24.6 Å². The summed E-state index contributed by atoms with van der Waals surface area (Å²) in [6.45, 7) is 8.96. The topological polar surface area (TPSA) is 160 Å². The van der Waals surface area contributed by atoms with Crippen LogP contribution in [-0.4, -0.2) is 70.2 Å². The molecule has 30 heavy (non-hydrogen) atoms. The van der Waals surface area contributed by atoms with Gasteiger partial charge in [0.2, 0.25) is 6.79 Å². The molecule has 0 radical (unpaired) electrons. The highest BCUT2D eigenvalue weighted by Gasteiger charge is 2.17. The lowest BCUT2D eigenvalue weighted by Crippen LogP contribution is -2.22. The highest BCUT2D eigenvalue weighted by molar-refractivity contribution is 5.71. The van der Waals surface area contributed by atoms with Crippen molar-refractivity contribution >= 4 is 17.9 Å². The molecule has 0 aliphatic heterocycles. The Hall–Kier alpha value is -1.75. The predicted molar refractivity (Wildman–Crippen MR) is 107 cm³/mol. The second-order valence-electron chi connectivity index (χ2n) is 7.56. The van der Waals surface area contributed by atoms with Crippen molar-refractivity contribution in [2.45, 2.75) is 79.1 Å². The maximum absolute atomic E-state index is 11.3. The van der Waals surface area contributed by atoms with Crippen molar-refractivity contribution < 1.29 is 49.0 Å². The van der Waals surface area contributed by atoms with Crippen molar-refractivity contribution in [3.8, 4) is 0 Å². The third-order valence-electron chi connectivity index (χ3n) is 4.60. The molecule has 178 valence electrons. The van der Waals surface area contributed by atoms with Gasteiger partial charge < -0.3 is 34.6 Å². The summed E-state index contributed by atoms with van der Waals surface area (Å²) in [6.07, 6.45) is -1.44. The van der Waals surface area contributed by atoms with Gasteiger partial charge >= 0.3 is 17.9 Å². The lowest BCUT2D eigenvalue weighted by atomic mass is 10.0. The summed E-state index contributed by atoms with van der Waals surface area (Å²) in [5.41, 5.74) is 0. The number of aliphatic hydroxyl groups excluding tert-OH is 4. The third-order valence-corrected chi connectivity index (χ3v) is 4.60. The van der Waals surface area contributed by atoms with Crippen molar-refractivity contribution in [2.75, 3.05) is 13.6 Å². The van der Waals surface area contributed by atoms with E-state index in [1.165, 1.54) is 0 Å². The highest BCUT2D eigenvalue weighted by Crippen LogP contribution is 2.10. The molecule has 6 atom stereocenters. The van der Waals surface area contributed by atoms with Gasteiger partial charge in [0.25, 0.3) is 0 Å². The van der Waals surface area contributed by atoms with E-state index in [1.807, 2.05) is 0 Å². The largest absolute Gasteiger partial charge is 0.439 e. The van der Waals surface area contributed by atoms with Crippen LogP contribution >= 0.6 is 0 Å². The van der Waals surface area contributed by atoms with E-state index in [0.29, 0.717) is 0 Å². The Labute approximate surface area is 178 Å². The van der Waals surface area contributed by atoms with Crippen LogP contribution in [0, 0.1) is 17.8 Å². The molecule has 0 aromatic heterocycles. The van der Waals surface area contributed by atoms with Crippen LogP contribution < -0.4 is 0 Å². The molecule has 0 aromatic rings. The Morgan fingerprint density at radius 2 is 0.867 bits per heavy atom. The molecule has 10 heteroatoms. The summed E-state index contributed by atoms with van der Waals surface area (Å²) in [4.78, 5) is 33.3. The molecule has 6 unspecified atom stereocenters. The van der Waals surface area contributed by atoms with E-state index in [2.05, 4.69) is 4.74 Å². The Balaban J connectivity index is 0. The molecule has 0 saturated carbocycles. The number of hydrogen-bond acceptors (Lipinski definition) is 10. The first-order valence-electron chi connectivity index (χ1n) is 9.93. The van der Waals surface area contributed by atoms with Crippen molar-refractivity contribution in [2.24, 2.45) is 17.8 Å². The maximum Gasteiger partial charge on any atom is 0.309 e. The lowest BCUT2D eigenvalue weighted by Gasteiger charge is -2.15. The average molecular weight is 439 g/mol. The molecule has 0 amide bonds. The molecule has 0 bridgehead atoms. The summed E-state index contributed by atoms with van der Waals surface area (Å²) in [5, 5.41) is 35.6. The second kappa shape index (κ2) is 17.0. The van der Waals surface area contributed by atoms with Gasteiger partial charge in [-0.1, -0.05) is 20.8 Å². The molecular weight excluding hydrogens is 400 g/mol. The van der Waals surface area contributed by atoms with E-state index >= 15 is 0 Å². The fourth-order valence-corrected chi connectivity index (χ4v) is 1.71. The summed E-state index contributed by atoms with van der Waals surface area (Å²) >= 11 is 0.